The van der Waals surface area contributed by atoms with E-state index in [1.54, 1.807) is 0 Å². The Morgan fingerprint density at radius 1 is 0.500 bits per heavy atom. The normalized spacial score (nSPS) is 16.1. The van der Waals surface area contributed by atoms with E-state index in [1.165, 1.54) is 176 Å². The highest BCUT2D eigenvalue weighted by atomic mass is 16.3. The number of hydrogen-bond acceptors (Lipinski definition) is 2. The molecule has 1 aromatic rings. The lowest BCUT2D eigenvalue weighted by Gasteiger charge is -2.26. The summed E-state index contributed by atoms with van der Waals surface area (Å²) in [7, 11) is 0. The molecule has 0 heterocycles. The molecule has 1 aromatic carbocycles. The van der Waals surface area contributed by atoms with Gasteiger partial charge in [-0.05, 0) is 129 Å². The summed E-state index contributed by atoms with van der Waals surface area (Å²) in [5.74, 6) is 2.43. The van der Waals surface area contributed by atoms with Gasteiger partial charge < -0.3 is 5.11 Å². The number of allylic oxidation sites excluding steroid dienone is 6. The number of ketones is 1. The van der Waals surface area contributed by atoms with Crippen LogP contribution in [-0.2, 0) is 11.2 Å². The molecule has 1 aliphatic carbocycles. The Hall–Kier alpha value is -2.09. The van der Waals surface area contributed by atoms with Gasteiger partial charge in [0, 0.05) is 11.1 Å². The smallest absolute Gasteiger partial charge is 0.185 e. The van der Waals surface area contributed by atoms with Crippen LogP contribution in [0, 0.1) is 11.8 Å². The number of aromatic hydroxyl groups is 1. The number of benzene rings is 1. The number of phenolic OH excluding ortho intramolecular Hbond substituents is 1. The minimum Gasteiger partial charge on any atom is -0.507 e. The number of unbranched alkanes of at least 4 members (excludes halogenated alkanes) is 19. The maximum Gasteiger partial charge on any atom is 0.185 e. The summed E-state index contributed by atoms with van der Waals surface area (Å²) in [4.78, 5) is 14.3. The zero-order chi connectivity index (χ0) is 44.0. The SMILES string of the molecule is CCCCCCCCC(CC)C1=CC(=C(C)CCCCc2cc(C(C)CCCCCCC)c(O)c(C(CC)CCCCCCCC)c2)C=C(C(C)CCCCCCC)C1=O. The summed E-state index contributed by atoms with van der Waals surface area (Å²) >= 11 is 0. The van der Waals surface area contributed by atoms with Gasteiger partial charge in [0.2, 0.25) is 0 Å². The van der Waals surface area contributed by atoms with Crippen molar-refractivity contribution in [3.8, 4) is 5.75 Å². The van der Waals surface area contributed by atoms with E-state index in [0.717, 1.165) is 68.9 Å². The summed E-state index contributed by atoms with van der Waals surface area (Å²) in [6.45, 7) is 20.8. The third-order valence-corrected chi connectivity index (χ3v) is 14.4. The van der Waals surface area contributed by atoms with Crippen molar-refractivity contribution in [3.63, 3.8) is 0 Å². The lowest BCUT2D eigenvalue weighted by atomic mass is 9.77. The van der Waals surface area contributed by atoms with E-state index in [9.17, 15) is 9.90 Å². The Morgan fingerprint density at radius 3 is 1.45 bits per heavy atom. The summed E-state index contributed by atoms with van der Waals surface area (Å²) in [6, 6.07) is 4.78. The fourth-order valence-corrected chi connectivity index (χ4v) is 9.95. The molecule has 0 aromatic heterocycles. The van der Waals surface area contributed by atoms with E-state index in [2.05, 4.69) is 86.6 Å². The number of carbonyl (C=O) groups is 1. The van der Waals surface area contributed by atoms with Crippen LogP contribution in [0.5, 0.6) is 5.75 Å². The van der Waals surface area contributed by atoms with Crippen LogP contribution in [-0.4, -0.2) is 10.9 Å². The molecule has 1 N–H and O–H groups in total. The second kappa shape index (κ2) is 33.5. The lowest BCUT2D eigenvalue weighted by molar-refractivity contribution is -0.113. The number of aryl methyl sites for hydroxylation is 1. The maximum atomic E-state index is 14.3. The maximum absolute atomic E-state index is 14.3. The van der Waals surface area contributed by atoms with Crippen molar-refractivity contribution in [2.45, 2.75) is 280 Å². The van der Waals surface area contributed by atoms with Gasteiger partial charge in [0.25, 0.3) is 0 Å². The first-order valence-electron chi connectivity index (χ1n) is 26.7. The summed E-state index contributed by atoms with van der Waals surface area (Å²) in [5, 5.41) is 11.9. The van der Waals surface area contributed by atoms with Gasteiger partial charge in [-0.15, -0.1) is 0 Å². The van der Waals surface area contributed by atoms with Crippen molar-refractivity contribution in [3.05, 3.63) is 63.3 Å². The largest absolute Gasteiger partial charge is 0.507 e. The van der Waals surface area contributed by atoms with Crippen molar-refractivity contribution in [1.29, 1.82) is 0 Å². The van der Waals surface area contributed by atoms with Gasteiger partial charge in [-0.3, -0.25) is 4.79 Å². The first-order chi connectivity index (χ1) is 29.2. The van der Waals surface area contributed by atoms with Crippen LogP contribution < -0.4 is 0 Å². The lowest BCUT2D eigenvalue weighted by Crippen LogP contribution is -2.22. The van der Waals surface area contributed by atoms with Gasteiger partial charge >= 0.3 is 0 Å². The number of carbonyl (C=O) groups excluding carboxylic acids is 1. The molecule has 0 aliphatic heterocycles. The standard InChI is InChI=1S/C58H100O2/c1-10-16-20-24-28-32-40-50(14-5)55-43-49(42-53(57(55)59)47(8)37-30-26-22-18-12-3)39-35-34-36-46(7)52-44-54(48(9)38-31-27-23-19-13-4)58(60)56(45-52)51(15-6)41-33-29-25-21-17-11-2/h42-45,47-48,50-51,59H,10-41H2,1-9H3. The molecule has 0 saturated carbocycles. The minimum absolute atomic E-state index is 0.307. The van der Waals surface area contributed by atoms with Crippen molar-refractivity contribution in [1.82, 2.24) is 0 Å². The summed E-state index contributed by atoms with van der Waals surface area (Å²) < 4.78 is 0. The molecule has 0 spiro atoms. The van der Waals surface area contributed by atoms with Crippen molar-refractivity contribution < 1.29 is 9.90 Å². The molecular formula is C58H100O2. The molecule has 0 fully saturated rings. The second-order valence-corrected chi connectivity index (χ2v) is 19.6. The average Bonchev–Trinajstić information content (AvgIpc) is 3.25. The van der Waals surface area contributed by atoms with Crippen LogP contribution >= 0.6 is 0 Å². The molecule has 2 nitrogen and oxygen atoms in total. The monoisotopic (exact) mass is 829 g/mol. The fourth-order valence-electron chi connectivity index (χ4n) is 9.95. The molecule has 1 aliphatic rings. The topological polar surface area (TPSA) is 37.3 Å². The minimum atomic E-state index is 0.307. The van der Waals surface area contributed by atoms with E-state index < -0.39 is 0 Å². The molecule has 0 radical (unpaired) electrons. The van der Waals surface area contributed by atoms with Gasteiger partial charge in [0.1, 0.15) is 5.75 Å². The molecule has 2 rings (SSSR count). The van der Waals surface area contributed by atoms with Gasteiger partial charge in [0.15, 0.2) is 5.78 Å². The molecule has 4 unspecified atom stereocenters. The van der Waals surface area contributed by atoms with Crippen LogP contribution in [0.2, 0.25) is 0 Å². The van der Waals surface area contributed by atoms with Gasteiger partial charge in [-0.1, -0.05) is 214 Å². The number of hydrogen-bond donors (Lipinski definition) is 1. The first kappa shape index (κ1) is 54.0. The van der Waals surface area contributed by atoms with Crippen molar-refractivity contribution in [2.24, 2.45) is 11.8 Å². The highest BCUT2D eigenvalue weighted by molar-refractivity contribution is 6.11. The Balaban J connectivity index is 2.30. The second-order valence-electron chi connectivity index (χ2n) is 19.6. The first-order valence-corrected chi connectivity index (χ1v) is 26.7. The molecule has 2 heteroatoms. The van der Waals surface area contributed by atoms with Crippen molar-refractivity contribution in [2.75, 3.05) is 0 Å². The van der Waals surface area contributed by atoms with Crippen LogP contribution in [0.1, 0.15) is 290 Å². The molecule has 0 bridgehead atoms. The number of phenols is 1. The molecule has 60 heavy (non-hydrogen) atoms. The third-order valence-electron chi connectivity index (χ3n) is 14.4. The van der Waals surface area contributed by atoms with Crippen LogP contribution in [0.15, 0.2) is 46.6 Å². The van der Waals surface area contributed by atoms with E-state index in [0.29, 0.717) is 35.2 Å². The van der Waals surface area contributed by atoms with Crippen LogP contribution in [0.25, 0.3) is 0 Å². The van der Waals surface area contributed by atoms with Crippen LogP contribution in [0.4, 0.5) is 0 Å². The Kier molecular flexibility index (Phi) is 30.1. The quantitative estimate of drug-likeness (QED) is 0.0679. The van der Waals surface area contributed by atoms with Gasteiger partial charge in [-0.25, -0.2) is 0 Å². The Morgan fingerprint density at radius 2 is 0.933 bits per heavy atom. The average molecular weight is 829 g/mol. The van der Waals surface area contributed by atoms with E-state index >= 15 is 0 Å². The Labute approximate surface area is 374 Å². The molecule has 344 valence electrons. The van der Waals surface area contributed by atoms with E-state index in [1.807, 2.05) is 0 Å². The van der Waals surface area contributed by atoms with E-state index in [4.69, 9.17) is 0 Å². The Bertz CT molecular complexity index is 1370. The predicted octanol–water partition coefficient (Wildman–Crippen LogP) is 19.3. The fraction of sp³-hybridized carbons (Fsp3) is 0.776. The third kappa shape index (κ3) is 20.4. The summed E-state index contributed by atoms with van der Waals surface area (Å²) in [5.41, 5.74) is 8.79. The molecule has 0 saturated heterocycles. The number of rotatable bonds is 37. The van der Waals surface area contributed by atoms with Crippen LogP contribution in [0.3, 0.4) is 0 Å². The highest BCUT2D eigenvalue weighted by Gasteiger charge is 2.29. The zero-order valence-corrected chi connectivity index (χ0v) is 41.6. The van der Waals surface area contributed by atoms with Crippen molar-refractivity contribution >= 4 is 5.78 Å². The zero-order valence-electron chi connectivity index (χ0n) is 41.6. The highest BCUT2D eigenvalue weighted by Crippen LogP contribution is 2.41. The number of Topliss-reactive ketones (excluding diaryl/α,β-unsaturated/α-hetero) is 1. The summed E-state index contributed by atoms with van der Waals surface area (Å²) in [6.07, 6.45) is 44.4. The van der Waals surface area contributed by atoms with Gasteiger partial charge in [-0.2, -0.15) is 0 Å². The van der Waals surface area contributed by atoms with E-state index in [-0.39, 0.29) is 0 Å². The molecule has 0 amide bonds. The molecule has 4 atom stereocenters. The molecular weight excluding hydrogens is 729 g/mol. The predicted molar refractivity (Wildman–Crippen MR) is 267 cm³/mol. The van der Waals surface area contributed by atoms with Gasteiger partial charge in [0.05, 0.1) is 0 Å².